The highest BCUT2D eigenvalue weighted by atomic mass is 15.1. The molecule has 0 aliphatic heterocycles. The lowest BCUT2D eigenvalue weighted by Gasteiger charge is -2.26. The minimum atomic E-state index is -0.765. The van der Waals surface area contributed by atoms with E-state index in [1.807, 2.05) is 60.7 Å². The molecule has 222 valence electrons. The average Bonchev–Trinajstić information content (AvgIpc) is 3.27. The third kappa shape index (κ3) is 5.83. The SMILES string of the molecule is [2H]c1c([2H])c([2H])c(-c2c([2H])c([2H])c(-c3c([2H])c([2H])c(N(c4ccccc4)c4ccc(-c5cccc(-c6cccc7ccccc67)c5)cc4)c([2H])c3[2H])c([2H])c2[2H])c([2H])c1[2H]. The summed E-state index contributed by atoms with van der Waals surface area (Å²) in [6.07, 6.45) is 0. The summed E-state index contributed by atoms with van der Waals surface area (Å²) in [5, 5.41) is 2.28. The van der Waals surface area contributed by atoms with Crippen LogP contribution in [0.3, 0.4) is 0 Å². The lowest BCUT2D eigenvalue weighted by atomic mass is 9.95. The monoisotopic (exact) mass is 612 g/mol. The maximum atomic E-state index is 9.28. The van der Waals surface area contributed by atoms with Crippen molar-refractivity contribution in [3.05, 3.63) is 200 Å². The first-order valence-electron chi connectivity index (χ1n) is 21.5. The molecule has 0 aromatic heterocycles. The minimum absolute atomic E-state index is 0.114. The first-order chi connectivity index (χ1) is 28.7. The summed E-state index contributed by atoms with van der Waals surface area (Å²) < 4.78 is 113. The third-order valence-corrected chi connectivity index (χ3v) is 7.90. The van der Waals surface area contributed by atoms with Crippen LogP contribution in [-0.4, -0.2) is 0 Å². The molecule has 0 fully saturated rings. The lowest BCUT2D eigenvalue weighted by Crippen LogP contribution is -2.09. The van der Waals surface area contributed by atoms with E-state index in [-0.39, 0.29) is 5.69 Å². The predicted octanol–water partition coefficient (Wildman–Crippen LogP) is 13.0. The van der Waals surface area contributed by atoms with E-state index in [1.54, 1.807) is 29.2 Å². The van der Waals surface area contributed by atoms with Gasteiger partial charge in [-0.3, -0.25) is 0 Å². The average molecular weight is 613 g/mol. The van der Waals surface area contributed by atoms with E-state index in [0.29, 0.717) is 11.4 Å². The molecule has 8 aromatic rings. The molecule has 0 unspecified atom stereocenters. The van der Waals surface area contributed by atoms with Crippen molar-refractivity contribution in [1.29, 1.82) is 0 Å². The summed E-state index contributed by atoms with van der Waals surface area (Å²) in [7, 11) is 0. The van der Waals surface area contributed by atoms with Gasteiger partial charge in [-0.05, 0) is 97.7 Å². The quantitative estimate of drug-likeness (QED) is 0.173. The summed E-state index contributed by atoms with van der Waals surface area (Å²) in [5.41, 5.74) is 2.89. The van der Waals surface area contributed by atoms with E-state index in [2.05, 4.69) is 36.4 Å². The number of hydrogen-bond acceptors (Lipinski definition) is 1. The maximum absolute atomic E-state index is 9.28. The second-order valence-electron chi connectivity index (χ2n) is 10.8. The number of para-hydroxylation sites is 1. The molecule has 0 heterocycles. The smallest absolute Gasteiger partial charge is 0.0645 e. The number of anilines is 3. The summed E-state index contributed by atoms with van der Waals surface area (Å²) in [4.78, 5) is 1.59. The van der Waals surface area contributed by atoms with Gasteiger partial charge in [0, 0.05) is 17.1 Å². The Morgan fingerprint density at radius 3 is 1.62 bits per heavy atom. The van der Waals surface area contributed by atoms with Crippen molar-refractivity contribution >= 4 is 27.8 Å². The van der Waals surface area contributed by atoms with Crippen molar-refractivity contribution in [3.8, 4) is 44.5 Å². The van der Waals surface area contributed by atoms with Crippen molar-refractivity contribution in [2.75, 3.05) is 4.90 Å². The second kappa shape index (κ2) is 12.7. The van der Waals surface area contributed by atoms with Crippen molar-refractivity contribution in [1.82, 2.24) is 0 Å². The summed E-state index contributed by atoms with van der Waals surface area (Å²) in [6.45, 7) is 0. The predicted molar refractivity (Wildman–Crippen MR) is 200 cm³/mol. The zero-order valence-electron chi connectivity index (χ0n) is 38.0. The fraction of sp³-hybridized carbons (Fsp3) is 0. The van der Waals surface area contributed by atoms with Gasteiger partial charge in [-0.1, -0.05) is 157 Å². The van der Waals surface area contributed by atoms with Crippen molar-refractivity contribution in [3.63, 3.8) is 0 Å². The Bertz CT molecular complexity index is 2930. The molecule has 1 nitrogen and oxygen atoms in total. The number of rotatable bonds is 7. The summed E-state index contributed by atoms with van der Waals surface area (Å²) in [6, 6.07) is 30.2. The molecule has 8 rings (SSSR count). The highest BCUT2D eigenvalue weighted by Gasteiger charge is 2.13. The Hall–Kier alpha value is -6.18. The summed E-state index contributed by atoms with van der Waals surface area (Å²) in [5.74, 6) is 0. The van der Waals surface area contributed by atoms with E-state index in [0.717, 1.165) is 33.0 Å². The van der Waals surface area contributed by atoms with Gasteiger partial charge in [0.05, 0.1) is 17.8 Å². The van der Waals surface area contributed by atoms with Crippen molar-refractivity contribution < 1.29 is 17.8 Å². The molecule has 0 spiro atoms. The fourth-order valence-electron chi connectivity index (χ4n) is 5.61. The number of hydrogen-bond donors (Lipinski definition) is 0. The molecule has 47 heavy (non-hydrogen) atoms. The van der Waals surface area contributed by atoms with Gasteiger partial charge in [-0.25, -0.2) is 0 Å². The van der Waals surface area contributed by atoms with E-state index in [4.69, 9.17) is 12.3 Å². The van der Waals surface area contributed by atoms with E-state index < -0.39 is 101 Å². The molecule has 0 aliphatic carbocycles. The van der Waals surface area contributed by atoms with Crippen molar-refractivity contribution in [2.24, 2.45) is 0 Å². The van der Waals surface area contributed by atoms with Crippen LogP contribution < -0.4 is 4.90 Å². The molecule has 0 atom stereocenters. The molecule has 0 aliphatic rings. The van der Waals surface area contributed by atoms with E-state index in [1.165, 1.54) is 0 Å². The molecule has 0 saturated heterocycles. The van der Waals surface area contributed by atoms with Crippen LogP contribution >= 0.6 is 0 Å². The van der Waals surface area contributed by atoms with Gasteiger partial charge in [0.15, 0.2) is 0 Å². The van der Waals surface area contributed by atoms with Gasteiger partial charge in [0.2, 0.25) is 0 Å². The van der Waals surface area contributed by atoms with Crippen molar-refractivity contribution in [2.45, 2.75) is 0 Å². The minimum Gasteiger partial charge on any atom is -0.311 e. The van der Waals surface area contributed by atoms with Crippen LogP contribution in [0.15, 0.2) is 200 Å². The van der Waals surface area contributed by atoms with Gasteiger partial charge >= 0.3 is 0 Å². The van der Waals surface area contributed by atoms with Crippen LogP contribution in [0.5, 0.6) is 0 Å². The van der Waals surface area contributed by atoms with Gasteiger partial charge in [-0.2, -0.15) is 0 Å². The van der Waals surface area contributed by atoms with Crippen LogP contribution in [0.25, 0.3) is 55.3 Å². The molecule has 1 heteroatoms. The Labute approximate surface area is 294 Å². The number of fused-ring (bicyclic) bond motifs is 1. The topological polar surface area (TPSA) is 3.24 Å². The highest BCUT2D eigenvalue weighted by molar-refractivity contribution is 5.97. The standard InChI is InChI=1S/C46H33N/c1-3-11-34(12-4-1)35-21-23-36(24-22-35)37-25-29-43(30-26-37)47(42-17-5-2-6-18-42)44-31-27-38(28-32-44)40-15-9-16-41(33-40)46-20-10-14-39-13-7-8-19-45(39)46/h1-33H/i1D,3D,4D,11D,12D,21D,22D,23D,24D,25D,26D,29D,30D. The molecular formula is C46H33N. The Balaban J connectivity index is 1.24. The molecule has 0 saturated carbocycles. The van der Waals surface area contributed by atoms with Gasteiger partial charge in [-0.15, -0.1) is 0 Å². The maximum Gasteiger partial charge on any atom is 0.0645 e. The van der Waals surface area contributed by atoms with Crippen LogP contribution in [0.4, 0.5) is 17.1 Å². The number of benzene rings is 8. The van der Waals surface area contributed by atoms with Gasteiger partial charge in [0.25, 0.3) is 0 Å². The van der Waals surface area contributed by atoms with Crippen LogP contribution in [-0.2, 0) is 0 Å². The van der Waals surface area contributed by atoms with Crippen LogP contribution in [0.2, 0.25) is 0 Å². The zero-order valence-corrected chi connectivity index (χ0v) is 25.0. The molecule has 0 radical (unpaired) electrons. The fourth-order valence-corrected chi connectivity index (χ4v) is 5.61. The van der Waals surface area contributed by atoms with E-state index in [9.17, 15) is 5.48 Å². The second-order valence-corrected chi connectivity index (χ2v) is 10.8. The van der Waals surface area contributed by atoms with Gasteiger partial charge in [0.1, 0.15) is 0 Å². The molecule has 0 N–H and O–H groups in total. The highest BCUT2D eigenvalue weighted by Crippen LogP contribution is 2.38. The number of nitrogens with zero attached hydrogens (tertiary/aromatic N) is 1. The molecule has 8 aromatic carbocycles. The molecule has 0 amide bonds. The molecular weight excluding hydrogens is 567 g/mol. The van der Waals surface area contributed by atoms with Crippen LogP contribution in [0.1, 0.15) is 17.8 Å². The first-order valence-corrected chi connectivity index (χ1v) is 15.0. The Kier molecular flexibility index (Phi) is 4.72. The molecule has 0 bridgehead atoms. The lowest BCUT2D eigenvalue weighted by molar-refractivity contribution is 1.28. The van der Waals surface area contributed by atoms with E-state index >= 15 is 0 Å². The van der Waals surface area contributed by atoms with Gasteiger partial charge < -0.3 is 4.90 Å². The first kappa shape index (κ1) is 17.5. The van der Waals surface area contributed by atoms with Crippen LogP contribution in [0, 0.1) is 0 Å². The third-order valence-electron chi connectivity index (χ3n) is 7.90. The normalized spacial score (nSPS) is 14.9. The largest absolute Gasteiger partial charge is 0.311 e. The zero-order chi connectivity index (χ0) is 42.7. The summed E-state index contributed by atoms with van der Waals surface area (Å²) >= 11 is 0. The Morgan fingerprint density at radius 1 is 0.340 bits per heavy atom. The Morgan fingerprint density at radius 2 is 0.894 bits per heavy atom.